The smallest absolute Gasteiger partial charge is 0.163 e. The second kappa shape index (κ2) is 5.35. The zero-order chi connectivity index (χ0) is 14.2. The van der Waals surface area contributed by atoms with Gasteiger partial charge in [0.1, 0.15) is 5.15 Å². The number of halogens is 1. The lowest BCUT2D eigenvalue weighted by atomic mass is 10.0. The topological polar surface area (TPSA) is 31.2 Å². The summed E-state index contributed by atoms with van der Waals surface area (Å²) in [7, 11) is 1.65. The Balaban J connectivity index is 2.76. The molecule has 3 nitrogen and oxygen atoms in total. The van der Waals surface area contributed by atoms with E-state index >= 15 is 0 Å². The van der Waals surface area contributed by atoms with E-state index in [-0.39, 0.29) is 5.78 Å². The predicted octanol–water partition coefficient (Wildman–Crippen LogP) is 3.76. The monoisotopic (exact) mass is 279 g/mol. The van der Waals surface area contributed by atoms with E-state index in [0.717, 1.165) is 16.5 Å². The number of benzene rings is 1. The van der Waals surface area contributed by atoms with E-state index < -0.39 is 0 Å². The Hall–Kier alpha value is -1.32. The fraction of sp³-hybridized carbons (Fsp3) is 0.400. The van der Waals surface area contributed by atoms with Gasteiger partial charge in [0.05, 0.1) is 17.7 Å². The minimum atomic E-state index is -0.00517. The fourth-order valence-electron chi connectivity index (χ4n) is 2.31. The molecule has 0 atom stereocenters. The van der Waals surface area contributed by atoms with Gasteiger partial charge in [-0.1, -0.05) is 11.6 Å². The SMILES string of the molecule is COCCn1c(Cl)c(C(C)=O)c2cc(C)c(C)cc21. The molecule has 102 valence electrons. The van der Waals surface area contributed by atoms with Gasteiger partial charge >= 0.3 is 0 Å². The maximum absolute atomic E-state index is 11.8. The number of ketones is 1. The maximum Gasteiger partial charge on any atom is 0.163 e. The van der Waals surface area contributed by atoms with Crippen LogP contribution in [0.4, 0.5) is 0 Å². The Kier molecular flexibility index (Phi) is 3.97. The molecule has 2 aromatic rings. The van der Waals surface area contributed by atoms with Crippen LogP contribution in [0.15, 0.2) is 12.1 Å². The van der Waals surface area contributed by atoms with Gasteiger partial charge in [0, 0.05) is 19.0 Å². The summed E-state index contributed by atoms with van der Waals surface area (Å²) < 4.78 is 7.06. The summed E-state index contributed by atoms with van der Waals surface area (Å²) >= 11 is 6.37. The quantitative estimate of drug-likeness (QED) is 0.798. The van der Waals surface area contributed by atoms with Crippen molar-refractivity contribution in [1.82, 2.24) is 4.57 Å². The van der Waals surface area contributed by atoms with E-state index in [1.807, 2.05) is 17.6 Å². The zero-order valence-electron chi connectivity index (χ0n) is 11.7. The molecule has 2 rings (SSSR count). The molecule has 0 radical (unpaired) electrons. The lowest BCUT2D eigenvalue weighted by Crippen LogP contribution is -2.04. The molecule has 0 fully saturated rings. The molecule has 0 saturated heterocycles. The van der Waals surface area contributed by atoms with Crippen LogP contribution in [0.2, 0.25) is 5.15 Å². The summed E-state index contributed by atoms with van der Waals surface area (Å²) in [4.78, 5) is 11.8. The number of carbonyl (C=O) groups is 1. The maximum atomic E-state index is 11.8. The third-order valence-corrected chi connectivity index (χ3v) is 3.88. The lowest BCUT2D eigenvalue weighted by Gasteiger charge is -2.07. The summed E-state index contributed by atoms with van der Waals surface area (Å²) in [6, 6.07) is 4.12. The number of ether oxygens (including phenoxy) is 1. The van der Waals surface area contributed by atoms with Gasteiger partial charge in [-0.3, -0.25) is 4.79 Å². The number of carbonyl (C=O) groups excluding carboxylic acids is 1. The van der Waals surface area contributed by atoms with Gasteiger partial charge in [-0.25, -0.2) is 0 Å². The van der Waals surface area contributed by atoms with Crippen LogP contribution in [-0.4, -0.2) is 24.1 Å². The van der Waals surface area contributed by atoms with Gasteiger partial charge in [0.2, 0.25) is 0 Å². The number of nitrogens with zero attached hydrogens (tertiary/aromatic N) is 1. The first-order valence-corrected chi connectivity index (χ1v) is 6.64. The van der Waals surface area contributed by atoms with E-state index in [9.17, 15) is 4.79 Å². The van der Waals surface area contributed by atoms with Crippen molar-refractivity contribution in [3.8, 4) is 0 Å². The second-order valence-corrected chi connectivity index (χ2v) is 5.18. The molecule has 1 heterocycles. The summed E-state index contributed by atoms with van der Waals surface area (Å²) in [6.45, 7) is 6.86. The fourth-order valence-corrected chi connectivity index (χ4v) is 2.72. The highest BCUT2D eigenvalue weighted by molar-refractivity contribution is 6.35. The molecule has 1 aromatic heterocycles. The van der Waals surface area contributed by atoms with E-state index in [1.165, 1.54) is 5.56 Å². The molecular weight excluding hydrogens is 262 g/mol. The second-order valence-electron chi connectivity index (χ2n) is 4.82. The van der Waals surface area contributed by atoms with Gasteiger partial charge in [0.25, 0.3) is 0 Å². The molecular formula is C15H18ClNO2. The lowest BCUT2D eigenvalue weighted by molar-refractivity contribution is 0.101. The van der Waals surface area contributed by atoms with Crippen molar-refractivity contribution in [3.05, 3.63) is 34.0 Å². The van der Waals surface area contributed by atoms with Gasteiger partial charge in [-0.2, -0.15) is 0 Å². The molecule has 0 unspecified atom stereocenters. The summed E-state index contributed by atoms with van der Waals surface area (Å²) in [5.41, 5.74) is 3.96. The Morgan fingerprint density at radius 1 is 1.32 bits per heavy atom. The summed E-state index contributed by atoms with van der Waals surface area (Å²) in [5, 5.41) is 1.43. The highest BCUT2D eigenvalue weighted by Gasteiger charge is 2.19. The number of aromatic nitrogens is 1. The Morgan fingerprint density at radius 2 is 1.95 bits per heavy atom. The summed E-state index contributed by atoms with van der Waals surface area (Å²) in [6.07, 6.45) is 0. The molecule has 0 bridgehead atoms. The van der Waals surface area contributed by atoms with Crippen LogP contribution in [-0.2, 0) is 11.3 Å². The number of Topliss-reactive ketones (excluding diaryl/α,β-unsaturated/α-hetero) is 1. The van der Waals surface area contributed by atoms with Crippen LogP contribution < -0.4 is 0 Å². The van der Waals surface area contributed by atoms with Crippen molar-refractivity contribution in [3.63, 3.8) is 0 Å². The Labute approximate surface area is 118 Å². The number of methoxy groups -OCH3 is 1. The first-order valence-electron chi connectivity index (χ1n) is 6.26. The molecule has 0 aliphatic heterocycles. The first kappa shape index (κ1) is 14.1. The number of rotatable bonds is 4. The zero-order valence-corrected chi connectivity index (χ0v) is 12.5. The number of fused-ring (bicyclic) bond motifs is 1. The predicted molar refractivity (Wildman–Crippen MR) is 78.3 cm³/mol. The normalized spacial score (nSPS) is 11.2. The van der Waals surface area contributed by atoms with Crippen LogP contribution in [0.5, 0.6) is 0 Å². The van der Waals surface area contributed by atoms with Crippen molar-refractivity contribution in [2.24, 2.45) is 0 Å². The Bertz CT molecular complexity index is 643. The minimum Gasteiger partial charge on any atom is -0.383 e. The van der Waals surface area contributed by atoms with Gasteiger partial charge in [-0.15, -0.1) is 0 Å². The molecule has 0 saturated carbocycles. The number of hydrogen-bond acceptors (Lipinski definition) is 2. The van der Waals surface area contributed by atoms with Gasteiger partial charge in [0.15, 0.2) is 5.78 Å². The molecule has 0 aliphatic carbocycles. The molecule has 4 heteroatoms. The first-order chi connectivity index (χ1) is 8.97. The van der Waals surface area contributed by atoms with Crippen molar-refractivity contribution < 1.29 is 9.53 Å². The van der Waals surface area contributed by atoms with Crippen LogP contribution in [0.1, 0.15) is 28.4 Å². The minimum absolute atomic E-state index is 0.00517. The van der Waals surface area contributed by atoms with Crippen LogP contribution >= 0.6 is 11.6 Å². The molecule has 19 heavy (non-hydrogen) atoms. The van der Waals surface area contributed by atoms with Crippen molar-refractivity contribution in [2.45, 2.75) is 27.3 Å². The molecule has 0 amide bonds. The third kappa shape index (κ3) is 2.40. The van der Waals surface area contributed by atoms with Crippen LogP contribution in [0.25, 0.3) is 10.9 Å². The standard InChI is InChI=1S/C15H18ClNO2/c1-9-7-12-13(8-10(9)2)17(5-6-19-4)15(16)14(12)11(3)18/h7-8H,5-6H2,1-4H3. The average Bonchev–Trinajstić information content (AvgIpc) is 2.59. The van der Waals surface area contributed by atoms with Gasteiger partial charge in [-0.05, 0) is 44.0 Å². The molecule has 0 N–H and O–H groups in total. The third-order valence-electron chi connectivity index (χ3n) is 3.49. The van der Waals surface area contributed by atoms with Crippen molar-refractivity contribution >= 4 is 28.3 Å². The summed E-state index contributed by atoms with van der Waals surface area (Å²) in [5.74, 6) is -0.00517. The number of aryl methyl sites for hydroxylation is 2. The molecule has 0 aliphatic rings. The highest BCUT2D eigenvalue weighted by atomic mass is 35.5. The van der Waals surface area contributed by atoms with Crippen LogP contribution in [0, 0.1) is 13.8 Å². The largest absolute Gasteiger partial charge is 0.383 e. The Morgan fingerprint density at radius 3 is 2.53 bits per heavy atom. The van der Waals surface area contributed by atoms with E-state index in [1.54, 1.807) is 14.0 Å². The van der Waals surface area contributed by atoms with E-state index in [0.29, 0.717) is 23.9 Å². The van der Waals surface area contributed by atoms with E-state index in [4.69, 9.17) is 16.3 Å². The van der Waals surface area contributed by atoms with E-state index in [2.05, 4.69) is 13.0 Å². The van der Waals surface area contributed by atoms with Crippen molar-refractivity contribution in [1.29, 1.82) is 0 Å². The highest BCUT2D eigenvalue weighted by Crippen LogP contribution is 2.32. The molecule has 1 aromatic carbocycles. The van der Waals surface area contributed by atoms with Crippen molar-refractivity contribution in [2.75, 3.05) is 13.7 Å². The van der Waals surface area contributed by atoms with Crippen LogP contribution in [0.3, 0.4) is 0 Å². The van der Waals surface area contributed by atoms with Gasteiger partial charge < -0.3 is 9.30 Å². The molecule has 0 spiro atoms. The number of hydrogen-bond donors (Lipinski definition) is 0. The average molecular weight is 280 g/mol.